The first kappa shape index (κ1) is 14.4. The Kier molecular flexibility index (Phi) is 5.23. The number of benzene rings is 1. The average molecular weight is 262 g/mol. The van der Waals surface area contributed by atoms with Crippen LogP contribution >= 0.6 is 0 Å². The molecule has 1 aromatic rings. The van der Waals surface area contributed by atoms with Crippen LogP contribution < -0.4 is 15.8 Å². The van der Waals surface area contributed by atoms with Crippen molar-refractivity contribution in [2.24, 2.45) is 11.7 Å². The summed E-state index contributed by atoms with van der Waals surface area (Å²) in [5.74, 6) is 1.54. The summed E-state index contributed by atoms with van der Waals surface area (Å²) < 4.78 is 5.20. The topological polar surface area (TPSA) is 47.3 Å². The predicted octanol–water partition coefficient (Wildman–Crippen LogP) is 2.86. The van der Waals surface area contributed by atoms with Crippen molar-refractivity contribution in [1.82, 2.24) is 5.32 Å². The molecule has 2 unspecified atom stereocenters. The first-order chi connectivity index (χ1) is 9.24. The van der Waals surface area contributed by atoms with Crippen LogP contribution in [0.1, 0.15) is 44.2 Å². The van der Waals surface area contributed by atoms with Gasteiger partial charge in [0.2, 0.25) is 0 Å². The summed E-state index contributed by atoms with van der Waals surface area (Å²) in [6, 6.07) is 9.25. The van der Waals surface area contributed by atoms with Gasteiger partial charge in [0.05, 0.1) is 7.11 Å². The van der Waals surface area contributed by atoms with E-state index in [1.54, 1.807) is 7.11 Å². The lowest BCUT2D eigenvalue weighted by atomic mass is 9.84. The molecule has 3 atom stereocenters. The van der Waals surface area contributed by atoms with Crippen molar-refractivity contribution >= 4 is 0 Å². The van der Waals surface area contributed by atoms with Crippen LogP contribution in [0.15, 0.2) is 24.3 Å². The van der Waals surface area contributed by atoms with Gasteiger partial charge in [-0.05, 0) is 49.9 Å². The summed E-state index contributed by atoms with van der Waals surface area (Å²) in [5.41, 5.74) is 7.20. The first-order valence-electron chi connectivity index (χ1n) is 7.34. The standard InChI is InChI=1S/C16H26N2O/c1-12(13-7-9-15(19-2)10-8-13)18-16-6-4-3-5-14(16)11-17/h7-10,12,14,16,18H,3-6,11,17H2,1-2H3/t12-,14?,16?/m0/s1. The van der Waals surface area contributed by atoms with E-state index in [0.717, 1.165) is 12.3 Å². The number of methoxy groups -OCH3 is 1. The molecule has 3 N–H and O–H groups in total. The van der Waals surface area contributed by atoms with Crippen LogP contribution in [0.5, 0.6) is 5.75 Å². The summed E-state index contributed by atoms with van der Waals surface area (Å²) in [6.45, 7) is 3.02. The molecule has 1 aromatic carbocycles. The molecule has 0 spiro atoms. The van der Waals surface area contributed by atoms with Crippen LogP contribution in [0, 0.1) is 5.92 Å². The molecule has 1 saturated carbocycles. The van der Waals surface area contributed by atoms with Gasteiger partial charge < -0.3 is 15.8 Å². The fourth-order valence-corrected chi connectivity index (χ4v) is 3.02. The molecule has 3 nitrogen and oxygen atoms in total. The van der Waals surface area contributed by atoms with E-state index in [4.69, 9.17) is 10.5 Å². The molecule has 0 bridgehead atoms. The van der Waals surface area contributed by atoms with Crippen LogP contribution in [-0.2, 0) is 0 Å². The van der Waals surface area contributed by atoms with E-state index in [9.17, 15) is 0 Å². The second kappa shape index (κ2) is 6.92. The van der Waals surface area contributed by atoms with E-state index in [1.807, 2.05) is 12.1 Å². The Balaban J connectivity index is 1.96. The molecule has 0 aromatic heterocycles. The van der Waals surface area contributed by atoms with Gasteiger partial charge in [0.1, 0.15) is 5.75 Å². The van der Waals surface area contributed by atoms with Crippen molar-refractivity contribution in [1.29, 1.82) is 0 Å². The third-order valence-corrected chi connectivity index (χ3v) is 4.29. The molecule has 0 heterocycles. The summed E-state index contributed by atoms with van der Waals surface area (Å²) in [7, 11) is 1.70. The van der Waals surface area contributed by atoms with Crippen molar-refractivity contribution in [3.63, 3.8) is 0 Å². The smallest absolute Gasteiger partial charge is 0.118 e. The molecule has 1 aliphatic carbocycles. The number of hydrogen-bond donors (Lipinski definition) is 2. The Labute approximate surface area is 116 Å². The maximum Gasteiger partial charge on any atom is 0.118 e. The molecule has 3 heteroatoms. The lowest BCUT2D eigenvalue weighted by Crippen LogP contribution is -2.42. The molecule has 106 valence electrons. The fourth-order valence-electron chi connectivity index (χ4n) is 3.02. The number of ether oxygens (including phenoxy) is 1. The zero-order valence-electron chi connectivity index (χ0n) is 12.1. The minimum atomic E-state index is 0.364. The van der Waals surface area contributed by atoms with E-state index in [1.165, 1.54) is 31.2 Å². The van der Waals surface area contributed by atoms with Gasteiger partial charge in [-0.25, -0.2) is 0 Å². The minimum Gasteiger partial charge on any atom is -0.497 e. The van der Waals surface area contributed by atoms with Gasteiger partial charge in [0.25, 0.3) is 0 Å². The van der Waals surface area contributed by atoms with Crippen LogP contribution in [0.3, 0.4) is 0 Å². The normalized spacial score (nSPS) is 25.0. The van der Waals surface area contributed by atoms with Crippen LogP contribution in [0.2, 0.25) is 0 Å². The highest BCUT2D eigenvalue weighted by Crippen LogP contribution is 2.26. The zero-order chi connectivity index (χ0) is 13.7. The molecular weight excluding hydrogens is 236 g/mol. The monoisotopic (exact) mass is 262 g/mol. The van der Waals surface area contributed by atoms with Crippen LogP contribution in [0.25, 0.3) is 0 Å². The molecule has 1 fully saturated rings. The van der Waals surface area contributed by atoms with Gasteiger partial charge >= 0.3 is 0 Å². The number of nitrogens with one attached hydrogen (secondary N) is 1. The average Bonchev–Trinajstić information content (AvgIpc) is 2.48. The van der Waals surface area contributed by atoms with Gasteiger partial charge in [-0.2, -0.15) is 0 Å². The van der Waals surface area contributed by atoms with Crippen molar-refractivity contribution in [2.45, 2.75) is 44.7 Å². The van der Waals surface area contributed by atoms with Gasteiger partial charge in [-0.15, -0.1) is 0 Å². The molecule has 19 heavy (non-hydrogen) atoms. The minimum absolute atomic E-state index is 0.364. The van der Waals surface area contributed by atoms with Crippen LogP contribution in [0.4, 0.5) is 0 Å². The lowest BCUT2D eigenvalue weighted by molar-refractivity contribution is 0.252. The third-order valence-electron chi connectivity index (χ3n) is 4.29. The van der Waals surface area contributed by atoms with E-state index >= 15 is 0 Å². The Morgan fingerprint density at radius 1 is 1.26 bits per heavy atom. The summed E-state index contributed by atoms with van der Waals surface area (Å²) in [6.07, 6.45) is 5.17. The highest BCUT2D eigenvalue weighted by atomic mass is 16.5. The predicted molar refractivity (Wildman–Crippen MR) is 79.3 cm³/mol. The van der Waals surface area contributed by atoms with E-state index in [-0.39, 0.29) is 0 Å². The van der Waals surface area contributed by atoms with Crippen LogP contribution in [-0.4, -0.2) is 19.7 Å². The van der Waals surface area contributed by atoms with Crippen molar-refractivity contribution in [3.05, 3.63) is 29.8 Å². The summed E-state index contributed by atoms with van der Waals surface area (Å²) in [4.78, 5) is 0. The lowest BCUT2D eigenvalue weighted by Gasteiger charge is -2.34. The molecule has 1 aliphatic rings. The van der Waals surface area contributed by atoms with E-state index in [0.29, 0.717) is 18.0 Å². The molecule has 0 aliphatic heterocycles. The number of nitrogens with two attached hydrogens (primary N) is 1. The van der Waals surface area contributed by atoms with Gasteiger partial charge in [-0.3, -0.25) is 0 Å². The molecular formula is C16H26N2O. The SMILES string of the molecule is COc1ccc([C@H](C)NC2CCCCC2CN)cc1. The van der Waals surface area contributed by atoms with Gasteiger partial charge in [0.15, 0.2) is 0 Å². The number of hydrogen-bond acceptors (Lipinski definition) is 3. The number of rotatable bonds is 5. The highest BCUT2D eigenvalue weighted by molar-refractivity contribution is 5.28. The van der Waals surface area contributed by atoms with E-state index in [2.05, 4.69) is 24.4 Å². The second-order valence-corrected chi connectivity index (χ2v) is 5.55. The van der Waals surface area contributed by atoms with E-state index < -0.39 is 0 Å². The van der Waals surface area contributed by atoms with Gasteiger partial charge in [-0.1, -0.05) is 25.0 Å². The fraction of sp³-hybridized carbons (Fsp3) is 0.625. The molecule has 2 rings (SSSR count). The van der Waals surface area contributed by atoms with Crippen molar-refractivity contribution in [3.8, 4) is 5.75 Å². The Morgan fingerprint density at radius 3 is 2.58 bits per heavy atom. The largest absolute Gasteiger partial charge is 0.497 e. The maximum atomic E-state index is 5.89. The van der Waals surface area contributed by atoms with Gasteiger partial charge in [0, 0.05) is 12.1 Å². The Hall–Kier alpha value is -1.06. The molecule has 0 amide bonds. The molecule has 0 saturated heterocycles. The summed E-state index contributed by atoms with van der Waals surface area (Å²) >= 11 is 0. The summed E-state index contributed by atoms with van der Waals surface area (Å²) in [5, 5.41) is 3.75. The molecule has 0 radical (unpaired) electrons. The maximum absolute atomic E-state index is 5.89. The first-order valence-corrected chi connectivity index (χ1v) is 7.34. The second-order valence-electron chi connectivity index (χ2n) is 5.55. The Bertz CT molecular complexity index is 377. The zero-order valence-corrected chi connectivity index (χ0v) is 12.1. The van der Waals surface area contributed by atoms with Crippen molar-refractivity contribution < 1.29 is 4.74 Å². The quantitative estimate of drug-likeness (QED) is 0.858. The third kappa shape index (κ3) is 3.71. The highest BCUT2D eigenvalue weighted by Gasteiger charge is 2.25. The van der Waals surface area contributed by atoms with Crippen molar-refractivity contribution in [2.75, 3.05) is 13.7 Å². The Morgan fingerprint density at radius 2 is 1.95 bits per heavy atom.